The van der Waals surface area contributed by atoms with Gasteiger partial charge >= 0.3 is 0 Å². The van der Waals surface area contributed by atoms with Gasteiger partial charge in [-0.3, -0.25) is 9.59 Å². The number of carbonyl (C=O) groups excluding carboxylic acids is 2. The summed E-state index contributed by atoms with van der Waals surface area (Å²) in [6.45, 7) is 1.90. The maximum absolute atomic E-state index is 14.6. The van der Waals surface area contributed by atoms with Gasteiger partial charge in [-0.1, -0.05) is 12.1 Å². The molecule has 1 fully saturated rings. The van der Waals surface area contributed by atoms with E-state index in [-0.39, 0.29) is 34.7 Å². The highest BCUT2D eigenvalue weighted by Gasteiger charge is 2.25. The lowest BCUT2D eigenvalue weighted by molar-refractivity contribution is 0.0942. The van der Waals surface area contributed by atoms with Crippen LogP contribution in [0.15, 0.2) is 54.6 Å². The van der Waals surface area contributed by atoms with Crippen LogP contribution in [-0.2, 0) is 6.54 Å². The summed E-state index contributed by atoms with van der Waals surface area (Å²) in [7, 11) is 1.59. The fraction of sp³-hybridized carbons (Fsp3) is 0.231. The van der Waals surface area contributed by atoms with Crippen LogP contribution in [0.2, 0.25) is 0 Å². The van der Waals surface area contributed by atoms with Gasteiger partial charge < -0.3 is 20.5 Å². The molecule has 33 heavy (non-hydrogen) atoms. The van der Waals surface area contributed by atoms with Crippen molar-refractivity contribution in [3.05, 3.63) is 82.7 Å². The predicted octanol–water partition coefficient (Wildman–Crippen LogP) is 4.34. The van der Waals surface area contributed by atoms with Crippen LogP contribution < -0.4 is 15.4 Å². The van der Waals surface area contributed by atoms with E-state index in [1.165, 1.54) is 12.1 Å². The molecular formula is C26H25FN2O4. The van der Waals surface area contributed by atoms with Gasteiger partial charge in [0, 0.05) is 29.3 Å². The predicted molar refractivity (Wildman–Crippen MR) is 123 cm³/mol. The monoisotopic (exact) mass is 448 g/mol. The number of methoxy groups -OCH3 is 1. The van der Waals surface area contributed by atoms with Crippen molar-refractivity contribution in [3.63, 3.8) is 0 Å². The standard InChI is InChI=1S/C26H25FN2O4/c1-15-22(11-18(12-23(15)27)26(32)29-19-6-7-19)21-10-5-17(13-24(21)30)25(31)28-14-16-3-8-20(33-2)9-4-16/h3-5,8-13,19,30H,6-7,14H2,1-2H3,(H,28,31)(H,29,32). The normalized spacial score (nSPS) is 12.8. The molecule has 6 nitrogen and oxygen atoms in total. The number of aromatic hydroxyl groups is 1. The summed E-state index contributed by atoms with van der Waals surface area (Å²) >= 11 is 0. The van der Waals surface area contributed by atoms with Crippen LogP contribution in [0.1, 0.15) is 44.7 Å². The Bertz CT molecular complexity index is 1200. The van der Waals surface area contributed by atoms with Gasteiger partial charge in [0.05, 0.1) is 7.11 Å². The summed E-state index contributed by atoms with van der Waals surface area (Å²) in [6.07, 6.45) is 1.85. The molecule has 1 aliphatic carbocycles. The number of halogens is 1. The minimum Gasteiger partial charge on any atom is -0.507 e. The number of amides is 2. The number of phenolic OH excluding ortho intramolecular Hbond substituents is 1. The minimum absolute atomic E-state index is 0.148. The lowest BCUT2D eigenvalue weighted by Gasteiger charge is -2.13. The van der Waals surface area contributed by atoms with Crippen LogP contribution >= 0.6 is 0 Å². The molecule has 170 valence electrons. The van der Waals surface area contributed by atoms with Gasteiger partial charge in [-0.15, -0.1) is 0 Å². The molecular weight excluding hydrogens is 423 g/mol. The molecule has 0 atom stereocenters. The van der Waals surface area contributed by atoms with Gasteiger partial charge in [-0.05, 0) is 78.9 Å². The third-order valence-electron chi connectivity index (χ3n) is 5.68. The number of ether oxygens (including phenoxy) is 1. The maximum Gasteiger partial charge on any atom is 0.251 e. The number of rotatable bonds is 7. The van der Waals surface area contributed by atoms with Crippen molar-refractivity contribution in [1.29, 1.82) is 0 Å². The van der Waals surface area contributed by atoms with E-state index in [0.717, 1.165) is 24.2 Å². The zero-order valence-corrected chi connectivity index (χ0v) is 18.4. The molecule has 0 aromatic heterocycles. The molecule has 3 aromatic carbocycles. The molecule has 0 aliphatic heterocycles. The van der Waals surface area contributed by atoms with E-state index in [0.29, 0.717) is 23.2 Å². The molecule has 4 rings (SSSR count). The Balaban J connectivity index is 1.52. The van der Waals surface area contributed by atoms with E-state index in [9.17, 15) is 19.1 Å². The molecule has 3 N–H and O–H groups in total. The van der Waals surface area contributed by atoms with E-state index in [2.05, 4.69) is 10.6 Å². The maximum atomic E-state index is 14.6. The van der Waals surface area contributed by atoms with Crippen molar-refractivity contribution in [2.45, 2.75) is 32.4 Å². The highest BCUT2D eigenvalue weighted by molar-refractivity contribution is 5.97. The van der Waals surface area contributed by atoms with Crippen LogP contribution in [-0.4, -0.2) is 30.1 Å². The number of benzene rings is 3. The van der Waals surface area contributed by atoms with E-state index in [1.807, 2.05) is 24.3 Å². The number of hydrogen-bond donors (Lipinski definition) is 3. The smallest absolute Gasteiger partial charge is 0.251 e. The second-order valence-electron chi connectivity index (χ2n) is 8.14. The third kappa shape index (κ3) is 5.14. The summed E-state index contributed by atoms with van der Waals surface area (Å²) < 4.78 is 19.7. The lowest BCUT2D eigenvalue weighted by atomic mass is 9.95. The van der Waals surface area contributed by atoms with Crippen LogP contribution in [0, 0.1) is 12.7 Å². The molecule has 0 bridgehead atoms. The quantitative estimate of drug-likeness (QED) is 0.502. The van der Waals surface area contributed by atoms with Crippen LogP contribution in [0.5, 0.6) is 11.5 Å². The minimum atomic E-state index is -0.533. The number of carbonyl (C=O) groups is 2. The first-order valence-corrected chi connectivity index (χ1v) is 10.7. The number of nitrogens with one attached hydrogen (secondary N) is 2. The number of phenols is 1. The molecule has 0 spiro atoms. The van der Waals surface area contributed by atoms with Gasteiger partial charge in [0.25, 0.3) is 11.8 Å². The van der Waals surface area contributed by atoms with Gasteiger partial charge in [0.15, 0.2) is 0 Å². The van der Waals surface area contributed by atoms with Gasteiger partial charge in [0.1, 0.15) is 17.3 Å². The lowest BCUT2D eigenvalue weighted by Crippen LogP contribution is -2.25. The second-order valence-corrected chi connectivity index (χ2v) is 8.14. The molecule has 3 aromatic rings. The first kappa shape index (κ1) is 22.3. The zero-order chi connectivity index (χ0) is 23.5. The van der Waals surface area contributed by atoms with Crippen LogP contribution in [0.3, 0.4) is 0 Å². The fourth-order valence-corrected chi connectivity index (χ4v) is 3.51. The van der Waals surface area contributed by atoms with Crippen molar-refractivity contribution in [1.82, 2.24) is 10.6 Å². The molecule has 0 unspecified atom stereocenters. The Labute approximate surface area is 191 Å². The molecule has 7 heteroatoms. The Morgan fingerprint density at radius 3 is 2.36 bits per heavy atom. The molecule has 0 radical (unpaired) electrons. The van der Waals surface area contributed by atoms with Crippen LogP contribution in [0.4, 0.5) is 4.39 Å². The van der Waals surface area contributed by atoms with Crippen molar-refractivity contribution in [2.75, 3.05) is 7.11 Å². The van der Waals surface area contributed by atoms with E-state index in [1.54, 1.807) is 32.2 Å². The van der Waals surface area contributed by atoms with Crippen LogP contribution in [0.25, 0.3) is 11.1 Å². The average molecular weight is 448 g/mol. The SMILES string of the molecule is COc1ccc(CNC(=O)c2ccc(-c3cc(C(=O)NC4CC4)cc(F)c3C)c(O)c2)cc1. The summed E-state index contributed by atoms with van der Waals surface area (Å²) in [5.74, 6) is -0.672. The Morgan fingerprint density at radius 2 is 1.73 bits per heavy atom. The Kier molecular flexibility index (Phi) is 6.31. The third-order valence-corrected chi connectivity index (χ3v) is 5.68. The van der Waals surface area contributed by atoms with Crippen molar-refractivity contribution < 1.29 is 23.8 Å². The second kappa shape index (κ2) is 9.32. The topological polar surface area (TPSA) is 87.7 Å². The van der Waals surface area contributed by atoms with E-state index in [4.69, 9.17) is 4.74 Å². The van der Waals surface area contributed by atoms with Gasteiger partial charge in [-0.2, -0.15) is 0 Å². The highest BCUT2D eigenvalue weighted by Crippen LogP contribution is 2.34. The summed E-state index contributed by atoms with van der Waals surface area (Å²) in [5.41, 5.74) is 2.42. The Morgan fingerprint density at radius 1 is 1.00 bits per heavy atom. The van der Waals surface area contributed by atoms with Gasteiger partial charge in [-0.25, -0.2) is 4.39 Å². The zero-order valence-electron chi connectivity index (χ0n) is 18.4. The number of hydrogen-bond acceptors (Lipinski definition) is 4. The summed E-state index contributed by atoms with van der Waals surface area (Å²) in [5, 5.41) is 16.3. The van der Waals surface area contributed by atoms with E-state index < -0.39 is 5.82 Å². The summed E-state index contributed by atoms with van der Waals surface area (Å²) in [4.78, 5) is 24.9. The molecule has 1 aliphatic rings. The highest BCUT2D eigenvalue weighted by atomic mass is 19.1. The summed E-state index contributed by atoms with van der Waals surface area (Å²) in [6, 6.07) is 14.7. The van der Waals surface area contributed by atoms with Gasteiger partial charge in [0.2, 0.25) is 0 Å². The average Bonchev–Trinajstić information content (AvgIpc) is 3.63. The van der Waals surface area contributed by atoms with Crippen molar-refractivity contribution in [2.24, 2.45) is 0 Å². The molecule has 0 saturated heterocycles. The first-order valence-electron chi connectivity index (χ1n) is 10.7. The largest absolute Gasteiger partial charge is 0.507 e. The van der Waals surface area contributed by atoms with Crippen molar-refractivity contribution >= 4 is 11.8 Å². The Hall–Kier alpha value is -3.87. The first-order chi connectivity index (χ1) is 15.9. The van der Waals surface area contributed by atoms with Crippen molar-refractivity contribution in [3.8, 4) is 22.6 Å². The molecule has 0 heterocycles. The fourth-order valence-electron chi connectivity index (χ4n) is 3.51. The molecule has 1 saturated carbocycles. The molecule has 2 amide bonds. The van der Waals surface area contributed by atoms with E-state index >= 15 is 0 Å².